The number of primary amides is 1. The van der Waals surface area contributed by atoms with Crippen molar-refractivity contribution in [2.75, 3.05) is 25.1 Å². The highest BCUT2D eigenvalue weighted by Gasteiger charge is 2.10. The summed E-state index contributed by atoms with van der Waals surface area (Å²) in [7, 11) is 0. The molecule has 0 radical (unpaired) electrons. The van der Waals surface area contributed by atoms with E-state index >= 15 is 0 Å². The molecule has 2 heterocycles. The lowest BCUT2D eigenvalue weighted by Crippen LogP contribution is -2.25. The molecule has 7 nitrogen and oxygen atoms in total. The van der Waals surface area contributed by atoms with Crippen LogP contribution in [0.2, 0.25) is 5.02 Å². The fourth-order valence-electron chi connectivity index (χ4n) is 4.01. The van der Waals surface area contributed by atoms with Gasteiger partial charge in [-0.2, -0.15) is 0 Å². The van der Waals surface area contributed by atoms with Gasteiger partial charge >= 0.3 is 0 Å². The molecule has 0 saturated heterocycles. The van der Waals surface area contributed by atoms with Gasteiger partial charge in [0.05, 0.1) is 12.1 Å². The molecule has 35 heavy (non-hydrogen) atoms. The Morgan fingerprint density at radius 3 is 2.83 bits per heavy atom. The third kappa shape index (κ3) is 6.66. The Bertz CT molecular complexity index is 1310. The van der Waals surface area contributed by atoms with E-state index in [1.165, 1.54) is 5.56 Å². The van der Waals surface area contributed by atoms with E-state index in [0.717, 1.165) is 46.4 Å². The summed E-state index contributed by atoms with van der Waals surface area (Å²) in [6.45, 7) is 4.87. The Morgan fingerprint density at radius 2 is 2.00 bits per heavy atom. The molecule has 1 atom stereocenters. The van der Waals surface area contributed by atoms with Gasteiger partial charge in [0.2, 0.25) is 5.91 Å². The van der Waals surface area contributed by atoms with E-state index in [4.69, 9.17) is 27.1 Å². The van der Waals surface area contributed by atoms with Crippen LogP contribution in [0.1, 0.15) is 35.7 Å². The highest BCUT2D eigenvalue weighted by Crippen LogP contribution is 2.29. The Labute approximate surface area is 210 Å². The van der Waals surface area contributed by atoms with Crippen molar-refractivity contribution < 1.29 is 9.53 Å². The van der Waals surface area contributed by atoms with Crippen molar-refractivity contribution in [2.24, 2.45) is 5.73 Å². The zero-order chi connectivity index (χ0) is 24.6. The number of carbonyl (C=O) groups is 1. The minimum absolute atomic E-state index is 0.391. The van der Waals surface area contributed by atoms with Crippen LogP contribution in [0.4, 0.5) is 5.82 Å². The summed E-state index contributed by atoms with van der Waals surface area (Å²) in [6.07, 6.45) is 5.56. The summed E-state index contributed by atoms with van der Waals surface area (Å²) in [5.74, 6) is 0.260. The SMILES string of the molecule is C[C@@H](CCCOCCNc1nc2cc(C(N)=O)ccc2c2cnccc12)NCc1cccc(Cl)c1. The summed E-state index contributed by atoms with van der Waals surface area (Å²) >= 11 is 6.04. The van der Waals surface area contributed by atoms with Gasteiger partial charge in [-0.1, -0.05) is 29.8 Å². The molecule has 2 aromatic heterocycles. The molecule has 0 spiro atoms. The molecule has 4 N–H and O–H groups in total. The Balaban J connectivity index is 1.24. The Hall–Kier alpha value is -3.26. The number of hydrogen-bond acceptors (Lipinski definition) is 6. The summed E-state index contributed by atoms with van der Waals surface area (Å²) in [6, 6.07) is 15.5. The van der Waals surface area contributed by atoms with Gasteiger partial charge in [0.1, 0.15) is 5.82 Å². The predicted octanol–water partition coefficient (Wildman–Crippen LogP) is 4.92. The van der Waals surface area contributed by atoms with E-state index in [1.54, 1.807) is 18.3 Å². The zero-order valence-electron chi connectivity index (χ0n) is 19.8. The number of aromatic nitrogens is 2. The summed E-state index contributed by atoms with van der Waals surface area (Å²) in [4.78, 5) is 20.6. The van der Waals surface area contributed by atoms with Crippen LogP contribution in [0, 0.1) is 0 Å². The minimum Gasteiger partial charge on any atom is -0.380 e. The number of anilines is 1. The fraction of sp³-hybridized carbons (Fsp3) is 0.296. The van der Waals surface area contributed by atoms with E-state index in [-0.39, 0.29) is 0 Å². The molecule has 4 aromatic rings. The normalized spacial score (nSPS) is 12.2. The van der Waals surface area contributed by atoms with Crippen molar-refractivity contribution >= 4 is 45.0 Å². The fourth-order valence-corrected chi connectivity index (χ4v) is 4.23. The highest BCUT2D eigenvalue weighted by atomic mass is 35.5. The lowest BCUT2D eigenvalue weighted by molar-refractivity contribution is 0.100. The van der Waals surface area contributed by atoms with Gasteiger partial charge in [-0.25, -0.2) is 4.98 Å². The number of hydrogen-bond donors (Lipinski definition) is 3. The van der Waals surface area contributed by atoms with E-state index in [0.29, 0.717) is 36.9 Å². The number of nitrogens with zero attached hydrogens (tertiary/aromatic N) is 2. The van der Waals surface area contributed by atoms with Crippen LogP contribution >= 0.6 is 11.6 Å². The molecule has 0 saturated carbocycles. The predicted molar refractivity (Wildman–Crippen MR) is 142 cm³/mol. The van der Waals surface area contributed by atoms with Crippen molar-refractivity contribution in [3.05, 3.63) is 77.1 Å². The Kier molecular flexibility index (Phi) is 8.47. The van der Waals surface area contributed by atoms with Crippen LogP contribution in [0.15, 0.2) is 60.9 Å². The lowest BCUT2D eigenvalue weighted by Gasteiger charge is -2.14. The smallest absolute Gasteiger partial charge is 0.248 e. The van der Waals surface area contributed by atoms with Crippen LogP contribution in [-0.2, 0) is 11.3 Å². The zero-order valence-corrected chi connectivity index (χ0v) is 20.5. The number of nitrogens with two attached hydrogens (primary N) is 1. The molecule has 182 valence electrons. The molecular formula is C27H30ClN5O2. The van der Waals surface area contributed by atoms with Crippen LogP contribution in [0.5, 0.6) is 0 Å². The number of pyridine rings is 2. The van der Waals surface area contributed by atoms with Crippen LogP contribution in [0.3, 0.4) is 0 Å². The first-order chi connectivity index (χ1) is 17.0. The molecular weight excluding hydrogens is 462 g/mol. The Morgan fingerprint density at radius 1 is 1.11 bits per heavy atom. The quantitative estimate of drug-likeness (QED) is 0.192. The molecule has 1 amide bonds. The first kappa shape index (κ1) is 24.9. The van der Waals surface area contributed by atoms with Crippen molar-refractivity contribution in [2.45, 2.75) is 32.4 Å². The number of nitrogens with one attached hydrogen (secondary N) is 2. The third-order valence-corrected chi connectivity index (χ3v) is 6.12. The van der Waals surface area contributed by atoms with Gasteiger partial charge in [-0.05, 0) is 55.7 Å². The number of amides is 1. The second-order valence-corrected chi connectivity index (χ2v) is 9.01. The van der Waals surface area contributed by atoms with Gasteiger partial charge < -0.3 is 21.1 Å². The third-order valence-electron chi connectivity index (χ3n) is 5.89. The molecule has 0 aliphatic heterocycles. The second-order valence-electron chi connectivity index (χ2n) is 8.57. The molecule has 0 unspecified atom stereocenters. The monoisotopic (exact) mass is 491 g/mol. The van der Waals surface area contributed by atoms with Gasteiger partial charge in [-0.3, -0.25) is 9.78 Å². The second kappa shape index (κ2) is 11.9. The average molecular weight is 492 g/mol. The highest BCUT2D eigenvalue weighted by molar-refractivity contribution is 6.30. The van der Waals surface area contributed by atoms with E-state index < -0.39 is 5.91 Å². The van der Waals surface area contributed by atoms with Gasteiger partial charge in [0.15, 0.2) is 0 Å². The van der Waals surface area contributed by atoms with Crippen molar-refractivity contribution in [1.82, 2.24) is 15.3 Å². The molecule has 0 fully saturated rings. The van der Waals surface area contributed by atoms with Gasteiger partial charge in [-0.15, -0.1) is 0 Å². The number of carbonyl (C=O) groups excluding carboxylic acids is 1. The molecule has 0 bridgehead atoms. The summed E-state index contributed by atoms with van der Waals surface area (Å²) in [5.41, 5.74) is 7.75. The first-order valence-electron chi connectivity index (χ1n) is 11.8. The maximum absolute atomic E-state index is 11.6. The van der Waals surface area contributed by atoms with Crippen molar-refractivity contribution in [1.29, 1.82) is 0 Å². The average Bonchev–Trinajstić information content (AvgIpc) is 2.86. The van der Waals surface area contributed by atoms with Crippen LogP contribution in [-0.4, -0.2) is 41.7 Å². The standard InChI is InChI=1S/C27H30ClN5O2/c1-18(32-16-19-5-2-6-21(28)14-19)4-3-12-35-13-11-31-27-23-9-10-30-17-24(23)22-8-7-20(26(29)34)15-25(22)33-27/h2,5-10,14-15,17-18,32H,3-4,11-13,16H2,1H3,(H2,29,34)(H,31,33)/t18-/m0/s1. The topological polar surface area (TPSA) is 102 Å². The number of benzene rings is 2. The summed E-state index contributed by atoms with van der Waals surface area (Å²) in [5, 5.41) is 10.5. The number of rotatable bonds is 12. The van der Waals surface area contributed by atoms with E-state index in [1.807, 2.05) is 36.5 Å². The van der Waals surface area contributed by atoms with Crippen LogP contribution < -0.4 is 16.4 Å². The number of halogens is 1. The van der Waals surface area contributed by atoms with Gasteiger partial charge in [0.25, 0.3) is 0 Å². The maximum atomic E-state index is 11.6. The molecule has 8 heteroatoms. The minimum atomic E-state index is -0.475. The number of fused-ring (bicyclic) bond motifs is 3. The van der Waals surface area contributed by atoms with Gasteiger partial charge in [0, 0.05) is 64.9 Å². The molecule has 2 aromatic carbocycles. The molecule has 4 rings (SSSR count). The van der Waals surface area contributed by atoms with Crippen LogP contribution in [0.25, 0.3) is 21.7 Å². The number of ether oxygens (including phenoxy) is 1. The first-order valence-corrected chi connectivity index (χ1v) is 12.2. The van der Waals surface area contributed by atoms with E-state index in [9.17, 15) is 4.79 Å². The maximum Gasteiger partial charge on any atom is 0.248 e. The van der Waals surface area contributed by atoms with Crippen molar-refractivity contribution in [3.63, 3.8) is 0 Å². The molecule has 0 aliphatic rings. The van der Waals surface area contributed by atoms with Crippen molar-refractivity contribution in [3.8, 4) is 0 Å². The summed E-state index contributed by atoms with van der Waals surface area (Å²) < 4.78 is 5.83. The lowest BCUT2D eigenvalue weighted by atomic mass is 10.1. The largest absolute Gasteiger partial charge is 0.380 e. The van der Waals surface area contributed by atoms with E-state index in [2.05, 4.69) is 28.6 Å². The molecule has 0 aliphatic carbocycles.